The lowest BCUT2D eigenvalue weighted by Crippen LogP contribution is -2.24. The van der Waals surface area contributed by atoms with Crippen LogP contribution in [0.5, 0.6) is 11.5 Å². The van der Waals surface area contributed by atoms with Gasteiger partial charge in [0.1, 0.15) is 5.75 Å². The number of para-hydroxylation sites is 2. The quantitative estimate of drug-likeness (QED) is 0.166. The summed E-state index contributed by atoms with van der Waals surface area (Å²) in [7, 11) is 0. The Morgan fingerprint density at radius 1 is 0.912 bits per heavy atom. The highest BCUT2D eigenvalue weighted by Gasteiger charge is 2.16. The smallest absolute Gasteiger partial charge is 0.343 e. The van der Waals surface area contributed by atoms with Crippen molar-refractivity contribution >= 4 is 29.5 Å². The van der Waals surface area contributed by atoms with Crippen LogP contribution in [0.3, 0.4) is 0 Å². The third-order valence-electron chi connectivity index (χ3n) is 4.23. The number of nitrogens with one attached hydrogen (secondary N) is 1. The number of rotatable bonds is 9. The maximum absolute atomic E-state index is 12.3. The van der Waals surface area contributed by atoms with Crippen molar-refractivity contribution in [3.8, 4) is 11.5 Å². The summed E-state index contributed by atoms with van der Waals surface area (Å²) in [6, 6.07) is 17.2. The summed E-state index contributed by atoms with van der Waals surface area (Å²) in [6.07, 6.45) is 1.06. The fourth-order valence-corrected chi connectivity index (χ4v) is 2.66. The molecular weight excluding hydrogens is 448 g/mol. The minimum atomic E-state index is -0.748. The van der Waals surface area contributed by atoms with Gasteiger partial charge in [0.25, 0.3) is 11.6 Å². The zero-order chi connectivity index (χ0) is 24.5. The van der Waals surface area contributed by atoms with E-state index in [-0.39, 0.29) is 34.0 Å². The second kappa shape index (κ2) is 10.9. The topological polar surface area (TPSA) is 163 Å². The molecule has 12 heteroatoms. The molecule has 0 bridgehead atoms. The number of benzene rings is 3. The molecule has 34 heavy (non-hydrogen) atoms. The highest BCUT2D eigenvalue weighted by atomic mass is 16.6. The van der Waals surface area contributed by atoms with Crippen LogP contribution in [-0.4, -0.2) is 34.5 Å². The Kier molecular flexibility index (Phi) is 7.58. The van der Waals surface area contributed by atoms with Gasteiger partial charge < -0.3 is 9.47 Å². The van der Waals surface area contributed by atoms with Crippen LogP contribution in [-0.2, 0) is 4.79 Å². The summed E-state index contributed by atoms with van der Waals surface area (Å²) in [5.74, 6) is -1.55. The van der Waals surface area contributed by atoms with Gasteiger partial charge in [0.15, 0.2) is 12.4 Å². The highest BCUT2D eigenvalue weighted by Crippen LogP contribution is 2.26. The van der Waals surface area contributed by atoms with Gasteiger partial charge in [-0.05, 0) is 24.3 Å². The van der Waals surface area contributed by atoms with Crippen molar-refractivity contribution < 1.29 is 28.9 Å². The minimum Gasteiger partial charge on any atom is -0.477 e. The number of nitrogens with zero attached hydrogens (tertiary/aromatic N) is 3. The van der Waals surface area contributed by atoms with Gasteiger partial charge in [0.05, 0.1) is 21.6 Å². The molecular formula is C22H16N4O8. The molecule has 0 unspecified atom stereocenters. The van der Waals surface area contributed by atoms with Gasteiger partial charge in [-0.25, -0.2) is 10.2 Å². The summed E-state index contributed by atoms with van der Waals surface area (Å²) in [6.45, 7) is -0.576. The summed E-state index contributed by atoms with van der Waals surface area (Å²) >= 11 is 0. The lowest BCUT2D eigenvalue weighted by atomic mass is 10.2. The fraction of sp³-hybridized carbons (Fsp3) is 0.0455. The number of carbonyl (C=O) groups is 2. The van der Waals surface area contributed by atoms with Crippen LogP contribution in [0.25, 0.3) is 0 Å². The molecule has 0 atom stereocenters. The highest BCUT2D eigenvalue weighted by molar-refractivity contribution is 5.93. The zero-order valence-corrected chi connectivity index (χ0v) is 17.3. The first-order valence-electron chi connectivity index (χ1n) is 9.59. The van der Waals surface area contributed by atoms with Crippen molar-refractivity contribution in [1.82, 2.24) is 5.43 Å². The lowest BCUT2D eigenvalue weighted by molar-refractivity contribution is -0.385. The largest absolute Gasteiger partial charge is 0.477 e. The first-order valence-corrected chi connectivity index (χ1v) is 9.59. The Morgan fingerprint density at radius 2 is 1.62 bits per heavy atom. The molecule has 0 radical (unpaired) electrons. The monoisotopic (exact) mass is 464 g/mol. The number of hydrazone groups is 1. The third-order valence-corrected chi connectivity index (χ3v) is 4.23. The number of non-ortho nitro benzene ring substituents is 1. The van der Waals surface area contributed by atoms with E-state index >= 15 is 0 Å². The van der Waals surface area contributed by atoms with Gasteiger partial charge in [0, 0.05) is 23.8 Å². The SMILES string of the molecule is O=C(COc1ccccc1[N+](=O)[O-])N/N=C\c1cc([N+](=O)[O-])ccc1OC(=O)c1ccccc1. The molecule has 0 saturated carbocycles. The Labute approximate surface area is 191 Å². The maximum Gasteiger partial charge on any atom is 0.343 e. The fourth-order valence-electron chi connectivity index (χ4n) is 2.66. The molecule has 12 nitrogen and oxygen atoms in total. The van der Waals surface area contributed by atoms with E-state index in [0.717, 1.165) is 18.3 Å². The maximum atomic E-state index is 12.3. The Hall–Kier alpha value is -5.13. The molecule has 0 aromatic heterocycles. The third kappa shape index (κ3) is 6.20. The van der Waals surface area contributed by atoms with E-state index in [4.69, 9.17) is 9.47 Å². The van der Waals surface area contributed by atoms with E-state index < -0.39 is 28.3 Å². The zero-order valence-electron chi connectivity index (χ0n) is 17.3. The van der Waals surface area contributed by atoms with E-state index in [0.29, 0.717) is 0 Å². The van der Waals surface area contributed by atoms with E-state index in [1.807, 2.05) is 0 Å². The van der Waals surface area contributed by atoms with Gasteiger partial charge in [-0.1, -0.05) is 30.3 Å². The molecule has 1 N–H and O–H groups in total. The molecule has 0 aliphatic heterocycles. The number of nitro groups is 2. The van der Waals surface area contributed by atoms with Gasteiger partial charge in [0.2, 0.25) is 0 Å². The van der Waals surface area contributed by atoms with Crippen LogP contribution >= 0.6 is 0 Å². The normalized spacial score (nSPS) is 10.5. The van der Waals surface area contributed by atoms with Crippen LogP contribution in [0.1, 0.15) is 15.9 Å². The average Bonchev–Trinajstić information content (AvgIpc) is 2.84. The molecule has 3 aromatic carbocycles. The first-order chi connectivity index (χ1) is 16.3. The number of amides is 1. The van der Waals surface area contributed by atoms with E-state index in [1.54, 1.807) is 30.3 Å². The predicted molar refractivity (Wildman–Crippen MR) is 119 cm³/mol. The van der Waals surface area contributed by atoms with Crippen LogP contribution in [0.4, 0.5) is 11.4 Å². The first kappa shape index (κ1) is 23.5. The second-order valence-electron chi connectivity index (χ2n) is 6.54. The van der Waals surface area contributed by atoms with Crippen molar-refractivity contribution in [1.29, 1.82) is 0 Å². The van der Waals surface area contributed by atoms with Gasteiger partial charge in [-0.3, -0.25) is 25.0 Å². The number of ether oxygens (including phenoxy) is 2. The molecule has 0 aliphatic rings. The summed E-state index contributed by atoms with van der Waals surface area (Å²) < 4.78 is 10.5. The van der Waals surface area contributed by atoms with Crippen LogP contribution in [0, 0.1) is 20.2 Å². The number of carbonyl (C=O) groups excluding carboxylic acids is 2. The molecule has 0 aliphatic carbocycles. The molecule has 3 aromatic rings. The van der Waals surface area contributed by atoms with E-state index in [1.165, 1.54) is 30.3 Å². The predicted octanol–water partition coefficient (Wildman–Crippen LogP) is 3.25. The van der Waals surface area contributed by atoms with Crippen molar-refractivity contribution in [2.45, 2.75) is 0 Å². The minimum absolute atomic E-state index is 0.0198. The molecule has 1 amide bonds. The summed E-state index contributed by atoms with van der Waals surface area (Å²) in [4.78, 5) is 45.1. The standard InChI is InChI=1S/C22H16N4O8/c27-21(14-33-20-9-5-4-8-18(20)26(31)32)24-23-13-16-12-17(25(29)30)10-11-19(16)34-22(28)15-6-2-1-3-7-15/h1-13H,14H2,(H,24,27)/b23-13-. The number of hydrogen-bond acceptors (Lipinski definition) is 9. The molecule has 0 heterocycles. The molecule has 0 fully saturated rings. The number of nitro benzene ring substituents is 2. The second-order valence-corrected chi connectivity index (χ2v) is 6.54. The van der Waals surface area contributed by atoms with E-state index in [2.05, 4.69) is 10.5 Å². The van der Waals surface area contributed by atoms with Crippen molar-refractivity contribution in [2.24, 2.45) is 5.10 Å². The molecule has 0 spiro atoms. The molecule has 3 rings (SSSR count). The van der Waals surface area contributed by atoms with E-state index in [9.17, 15) is 29.8 Å². The lowest BCUT2D eigenvalue weighted by Gasteiger charge is -2.08. The van der Waals surface area contributed by atoms with Gasteiger partial charge >= 0.3 is 11.7 Å². The van der Waals surface area contributed by atoms with Crippen molar-refractivity contribution in [2.75, 3.05) is 6.61 Å². The van der Waals surface area contributed by atoms with Crippen LogP contribution < -0.4 is 14.9 Å². The van der Waals surface area contributed by atoms with Crippen LogP contribution in [0.15, 0.2) is 77.9 Å². The Bertz CT molecular complexity index is 1260. The Morgan fingerprint density at radius 3 is 2.32 bits per heavy atom. The van der Waals surface area contributed by atoms with Crippen molar-refractivity contribution in [3.63, 3.8) is 0 Å². The number of esters is 1. The Balaban J connectivity index is 1.69. The van der Waals surface area contributed by atoms with Gasteiger partial charge in [-0.15, -0.1) is 0 Å². The van der Waals surface area contributed by atoms with Crippen LogP contribution in [0.2, 0.25) is 0 Å². The average molecular weight is 464 g/mol. The molecule has 172 valence electrons. The summed E-state index contributed by atoms with van der Waals surface area (Å²) in [5, 5.41) is 25.8. The molecule has 0 saturated heterocycles. The van der Waals surface area contributed by atoms with Crippen molar-refractivity contribution in [3.05, 3.63) is 104 Å². The number of hydrogen-bond donors (Lipinski definition) is 1. The van der Waals surface area contributed by atoms with Gasteiger partial charge in [-0.2, -0.15) is 5.10 Å². The summed E-state index contributed by atoms with van der Waals surface area (Å²) in [5.41, 5.74) is 1.87.